The summed E-state index contributed by atoms with van der Waals surface area (Å²) in [5.74, 6) is -0.216. The monoisotopic (exact) mass is 618 g/mol. The SMILES string of the molecule is Cc1ccc2cccc(OCc3c(Cl)ccc(N(C)C(=O)CN(C)C(=O)C=Cc4ccc(C(=O)N(C)C)cc4)c3Cl)c2n1. The number of carbonyl (C=O) groups is 3. The molecule has 0 bridgehead atoms. The van der Waals surface area contributed by atoms with Crippen LogP contribution < -0.4 is 9.64 Å². The van der Waals surface area contributed by atoms with Crippen LogP contribution in [0.5, 0.6) is 5.75 Å². The van der Waals surface area contributed by atoms with E-state index in [2.05, 4.69) is 4.98 Å². The summed E-state index contributed by atoms with van der Waals surface area (Å²) in [4.78, 5) is 46.7. The maximum absolute atomic E-state index is 13.1. The number of carbonyl (C=O) groups excluding carboxylic acids is 3. The molecule has 3 aromatic carbocycles. The lowest BCUT2D eigenvalue weighted by atomic mass is 10.1. The summed E-state index contributed by atoms with van der Waals surface area (Å²) in [6.45, 7) is 1.80. The van der Waals surface area contributed by atoms with E-state index >= 15 is 0 Å². The van der Waals surface area contributed by atoms with Crippen LogP contribution in [0.4, 0.5) is 5.69 Å². The van der Waals surface area contributed by atoms with Gasteiger partial charge >= 0.3 is 0 Å². The van der Waals surface area contributed by atoms with Crippen LogP contribution in [0, 0.1) is 6.92 Å². The highest BCUT2D eigenvalue weighted by Gasteiger charge is 2.21. The first-order valence-corrected chi connectivity index (χ1v) is 14.2. The van der Waals surface area contributed by atoms with Gasteiger partial charge in [0.2, 0.25) is 11.8 Å². The zero-order valence-electron chi connectivity index (χ0n) is 24.6. The molecule has 222 valence electrons. The number of para-hydroxylation sites is 1. The van der Waals surface area contributed by atoms with Crippen LogP contribution >= 0.6 is 23.2 Å². The first kappa shape index (κ1) is 31.5. The Bertz CT molecular complexity index is 1700. The minimum Gasteiger partial charge on any atom is -0.487 e. The first-order chi connectivity index (χ1) is 20.5. The number of amides is 3. The Morgan fingerprint density at radius 1 is 0.907 bits per heavy atom. The van der Waals surface area contributed by atoms with Crippen LogP contribution in [0.2, 0.25) is 10.0 Å². The third kappa shape index (κ3) is 7.52. The van der Waals surface area contributed by atoms with E-state index in [1.54, 1.807) is 70.7 Å². The van der Waals surface area contributed by atoms with Gasteiger partial charge in [-0.15, -0.1) is 0 Å². The number of benzene rings is 3. The number of aryl methyl sites for hydroxylation is 1. The van der Waals surface area contributed by atoms with E-state index in [1.165, 1.54) is 20.8 Å². The van der Waals surface area contributed by atoms with Crippen LogP contribution in [0.3, 0.4) is 0 Å². The molecule has 1 aromatic heterocycles. The number of rotatable bonds is 9. The van der Waals surface area contributed by atoms with Gasteiger partial charge < -0.3 is 19.4 Å². The van der Waals surface area contributed by atoms with Crippen molar-refractivity contribution in [2.24, 2.45) is 0 Å². The average Bonchev–Trinajstić information content (AvgIpc) is 2.99. The Kier molecular flexibility index (Phi) is 10.1. The van der Waals surface area contributed by atoms with Gasteiger partial charge in [-0.1, -0.05) is 53.5 Å². The van der Waals surface area contributed by atoms with Gasteiger partial charge in [-0.05, 0) is 55.0 Å². The lowest BCUT2D eigenvalue weighted by molar-refractivity contribution is -0.129. The van der Waals surface area contributed by atoms with Crippen molar-refractivity contribution in [3.63, 3.8) is 0 Å². The molecule has 3 amide bonds. The third-order valence-electron chi connectivity index (χ3n) is 6.83. The summed E-state index contributed by atoms with van der Waals surface area (Å²) < 4.78 is 6.09. The molecule has 0 unspecified atom stereocenters. The number of pyridine rings is 1. The van der Waals surface area contributed by atoms with E-state index in [4.69, 9.17) is 27.9 Å². The Balaban J connectivity index is 1.41. The van der Waals surface area contributed by atoms with Crippen LogP contribution in [0.25, 0.3) is 17.0 Å². The molecule has 0 N–H and O–H groups in total. The van der Waals surface area contributed by atoms with Crippen molar-refractivity contribution in [2.75, 3.05) is 39.6 Å². The number of fused-ring (bicyclic) bond motifs is 1. The minimum absolute atomic E-state index is 0.0652. The minimum atomic E-state index is -0.356. The topological polar surface area (TPSA) is 83.0 Å². The Morgan fingerprint density at radius 3 is 2.33 bits per heavy atom. The smallest absolute Gasteiger partial charge is 0.253 e. The lowest BCUT2D eigenvalue weighted by Gasteiger charge is -2.23. The van der Waals surface area contributed by atoms with Gasteiger partial charge in [0.25, 0.3) is 5.91 Å². The van der Waals surface area contributed by atoms with Gasteiger partial charge in [-0.3, -0.25) is 14.4 Å². The maximum atomic E-state index is 13.1. The normalized spacial score (nSPS) is 11.0. The lowest BCUT2D eigenvalue weighted by Crippen LogP contribution is -2.39. The van der Waals surface area contributed by atoms with Gasteiger partial charge in [0.15, 0.2) is 0 Å². The van der Waals surface area contributed by atoms with Crippen LogP contribution in [0.1, 0.15) is 27.2 Å². The highest BCUT2D eigenvalue weighted by atomic mass is 35.5. The van der Waals surface area contributed by atoms with Crippen molar-refractivity contribution in [2.45, 2.75) is 13.5 Å². The summed E-state index contributed by atoms with van der Waals surface area (Å²) in [6.07, 6.45) is 3.01. The van der Waals surface area contributed by atoms with E-state index in [1.807, 2.05) is 37.3 Å². The van der Waals surface area contributed by atoms with E-state index < -0.39 is 0 Å². The molecule has 8 nitrogen and oxygen atoms in total. The number of ether oxygens (including phenoxy) is 1. The molecule has 4 rings (SSSR count). The molecular weight excluding hydrogens is 587 g/mol. The van der Waals surface area contributed by atoms with E-state index in [9.17, 15) is 14.4 Å². The average molecular weight is 620 g/mol. The third-order valence-corrected chi connectivity index (χ3v) is 7.60. The maximum Gasteiger partial charge on any atom is 0.253 e. The summed E-state index contributed by atoms with van der Waals surface area (Å²) in [5, 5.41) is 1.62. The first-order valence-electron chi connectivity index (χ1n) is 13.4. The number of anilines is 1. The van der Waals surface area contributed by atoms with Crippen molar-refractivity contribution in [3.05, 3.63) is 105 Å². The largest absolute Gasteiger partial charge is 0.487 e. The van der Waals surface area contributed by atoms with Crippen molar-refractivity contribution in [1.29, 1.82) is 0 Å². The number of likely N-dealkylation sites (N-methyl/N-ethyl adjacent to an activating group) is 2. The van der Waals surface area contributed by atoms with E-state index in [0.717, 1.165) is 22.2 Å². The van der Waals surface area contributed by atoms with Crippen LogP contribution in [-0.4, -0.2) is 67.2 Å². The van der Waals surface area contributed by atoms with Crippen molar-refractivity contribution in [3.8, 4) is 5.75 Å². The fourth-order valence-electron chi connectivity index (χ4n) is 4.27. The quantitative estimate of drug-likeness (QED) is 0.207. The predicted molar refractivity (Wildman–Crippen MR) is 172 cm³/mol. The molecule has 0 radical (unpaired) electrons. The van der Waals surface area contributed by atoms with Gasteiger partial charge in [-0.2, -0.15) is 0 Å². The molecule has 0 aliphatic rings. The molecule has 43 heavy (non-hydrogen) atoms. The summed E-state index contributed by atoms with van der Waals surface area (Å²) in [6, 6.07) is 19.8. The zero-order valence-corrected chi connectivity index (χ0v) is 26.1. The highest BCUT2D eigenvalue weighted by Crippen LogP contribution is 2.35. The Morgan fingerprint density at radius 2 is 1.63 bits per heavy atom. The second-order valence-corrected chi connectivity index (χ2v) is 11.0. The number of nitrogens with zero attached hydrogens (tertiary/aromatic N) is 4. The molecule has 1 heterocycles. The summed E-state index contributed by atoms with van der Waals surface area (Å²) in [7, 11) is 6.50. The number of halogens is 2. The van der Waals surface area contributed by atoms with E-state index in [0.29, 0.717) is 27.6 Å². The zero-order chi connectivity index (χ0) is 31.3. The number of hydrogen-bond donors (Lipinski definition) is 0. The summed E-state index contributed by atoms with van der Waals surface area (Å²) >= 11 is 13.2. The summed E-state index contributed by atoms with van der Waals surface area (Å²) in [5.41, 5.74) is 3.86. The van der Waals surface area contributed by atoms with E-state index in [-0.39, 0.29) is 35.9 Å². The van der Waals surface area contributed by atoms with Gasteiger partial charge in [0, 0.05) is 61.5 Å². The fraction of sp³-hybridized carbons (Fsp3) is 0.212. The fourth-order valence-corrected chi connectivity index (χ4v) is 4.88. The Labute approximate surface area is 261 Å². The van der Waals surface area contributed by atoms with Crippen molar-refractivity contribution >= 4 is 63.6 Å². The van der Waals surface area contributed by atoms with Gasteiger partial charge in [0.1, 0.15) is 24.4 Å². The molecule has 0 fully saturated rings. The van der Waals surface area contributed by atoms with Crippen molar-refractivity contribution in [1.82, 2.24) is 14.8 Å². The highest BCUT2D eigenvalue weighted by molar-refractivity contribution is 6.38. The Hall–Kier alpha value is -4.40. The molecule has 0 spiro atoms. The number of aromatic nitrogens is 1. The van der Waals surface area contributed by atoms with Crippen molar-refractivity contribution < 1.29 is 19.1 Å². The molecule has 10 heteroatoms. The van der Waals surface area contributed by atoms with Crippen LogP contribution in [-0.2, 0) is 16.2 Å². The molecule has 0 saturated carbocycles. The molecule has 0 aliphatic carbocycles. The number of hydrogen-bond acceptors (Lipinski definition) is 5. The standard InChI is InChI=1S/C33H32Cl2N4O4/c1-21-9-13-23-7-6-8-28(32(23)36-21)43-20-25-26(34)16-17-27(31(25)35)39(5)30(41)19-38(4)29(40)18-12-22-10-14-24(15-11-22)33(42)37(2)3/h6-18H,19-20H2,1-5H3. The molecule has 4 aromatic rings. The second kappa shape index (κ2) is 13.7. The molecule has 0 aliphatic heterocycles. The molecular formula is C33H32Cl2N4O4. The molecule has 0 atom stereocenters. The molecule has 0 saturated heterocycles. The predicted octanol–water partition coefficient (Wildman–Crippen LogP) is 6.27. The van der Waals surface area contributed by atoms with Crippen LogP contribution in [0.15, 0.2) is 72.8 Å². The second-order valence-electron chi connectivity index (χ2n) is 10.2. The van der Waals surface area contributed by atoms with Gasteiger partial charge in [0.05, 0.1) is 10.7 Å². The van der Waals surface area contributed by atoms with Gasteiger partial charge in [-0.25, -0.2) is 4.98 Å².